The summed E-state index contributed by atoms with van der Waals surface area (Å²) in [4.78, 5) is 0. The second-order valence-corrected chi connectivity index (χ2v) is 6.11. The van der Waals surface area contributed by atoms with E-state index in [1.54, 1.807) is 0 Å². The van der Waals surface area contributed by atoms with Crippen molar-refractivity contribution in [3.63, 3.8) is 0 Å². The highest BCUT2D eigenvalue weighted by atomic mass is 16.3. The summed E-state index contributed by atoms with van der Waals surface area (Å²) in [6.07, 6.45) is 5.82. The molecule has 0 aliphatic carbocycles. The highest BCUT2D eigenvalue weighted by molar-refractivity contribution is 5.54. The molecule has 0 aromatic heterocycles. The lowest BCUT2D eigenvalue weighted by atomic mass is 9.88. The van der Waals surface area contributed by atoms with Gasteiger partial charge in [-0.1, -0.05) is 64.5 Å². The SMILES string of the molecule is CCCc1ccc(/C=C/C(O)C(C)(C)C)c(C)c1. The molecule has 0 saturated carbocycles. The number of aryl methyl sites for hydroxylation is 2. The topological polar surface area (TPSA) is 20.2 Å². The van der Waals surface area contributed by atoms with Crippen LogP contribution in [-0.4, -0.2) is 11.2 Å². The Bertz CT molecular complexity index is 410. The second-order valence-electron chi connectivity index (χ2n) is 6.11. The highest BCUT2D eigenvalue weighted by Gasteiger charge is 2.18. The maximum atomic E-state index is 9.99. The number of rotatable bonds is 4. The Labute approximate surface area is 112 Å². The smallest absolute Gasteiger partial charge is 0.0772 e. The maximum absolute atomic E-state index is 9.99. The first-order chi connectivity index (χ1) is 8.34. The molecular formula is C17H26O. The maximum Gasteiger partial charge on any atom is 0.0772 e. The van der Waals surface area contributed by atoms with Gasteiger partial charge in [-0.05, 0) is 35.4 Å². The Morgan fingerprint density at radius 3 is 2.44 bits per heavy atom. The molecular weight excluding hydrogens is 220 g/mol. The Morgan fingerprint density at radius 2 is 1.94 bits per heavy atom. The molecule has 1 N–H and O–H groups in total. The first-order valence-electron chi connectivity index (χ1n) is 6.80. The van der Waals surface area contributed by atoms with Gasteiger partial charge >= 0.3 is 0 Å². The fourth-order valence-corrected chi connectivity index (χ4v) is 1.85. The lowest BCUT2D eigenvalue weighted by molar-refractivity contribution is 0.106. The van der Waals surface area contributed by atoms with Gasteiger partial charge in [0.2, 0.25) is 0 Å². The molecule has 1 unspecified atom stereocenters. The zero-order valence-electron chi connectivity index (χ0n) is 12.3. The molecule has 0 saturated heterocycles. The van der Waals surface area contributed by atoms with Gasteiger partial charge in [0.1, 0.15) is 0 Å². The van der Waals surface area contributed by atoms with Gasteiger partial charge in [-0.25, -0.2) is 0 Å². The van der Waals surface area contributed by atoms with Crippen molar-refractivity contribution in [2.24, 2.45) is 5.41 Å². The number of aliphatic hydroxyl groups excluding tert-OH is 1. The van der Waals surface area contributed by atoms with E-state index in [0.29, 0.717) is 0 Å². The average Bonchev–Trinajstić information content (AvgIpc) is 2.26. The fraction of sp³-hybridized carbons (Fsp3) is 0.529. The molecule has 1 rings (SSSR count). The van der Waals surface area contributed by atoms with Crippen LogP contribution in [0.2, 0.25) is 0 Å². The van der Waals surface area contributed by atoms with Crippen molar-refractivity contribution in [2.45, 2.75) is 53.6 Å². The van der Waals surface area contributed by atoms with E-state index < -0.39 is 6.10 Å². The summed E-state index contributed by atoms with van der Waals surface area (Å²) in [5.41, 5.74) is 3.76. The molecule has 0 fully saturated rings. The summed E-state index contributed by atoms with van der Waals surface area (Å²) in [5.74, 6) is 0. The Balaban J connectivity index is 2.82. The third kappa shape index (κ3) is 4.30. The van der Waals surface area contributed by atoms with Crippen LogP contribution in [-0.2, 0) is 6.42 Å². The van der Waals surface area contributed by atoms with Crippen LogP contribution in [0.4, 0.5) is 0 Å². The zero-order chi connectivity index (χ0) is 13.8. The highest BCUT2D eigenvalue weighted by Crippen LogP contribution is 2.21. The Hall–Kier alpha value is -1.08. The molecule has 1 nitrogen and oxygen atoms in total. The number of benzene rings is 1. The molecule has 0 bridgehead atoms. The van der Waals surface area contributed by atoms with Gasteiger partial charge in [0.15, 0.2) is 0 Å². The normalized spacial score (nSPS) is 14.1. The van der Waals surface area contributed by atoms with Crippen molar-refractivity contribution in [3.05, 3.63) is 41.0 Å². The molecule has 1 atom stereocenters. The van der Waals surface area contributed by atoms with Gasteiger partial charge in [-0.15, -0.1) is 0 Å². The first-order valence-corrected chi connectivity index (χ1v) is 6.80. The van der Waals surface area contributed by atoms with E-state index in [2.05, 4.69) is 32.0 Å². The van der Waals surface area contributed by atoms with Crippen molar-refractivity contribution in [1.82, 2.24) is 0 Å². The molecule has 0 spiro atoms. The van der Waals surface area contributed by atoms with E-state index in [4.69, 9.17) is 0 Å². The van der Waals surface area contributed by atoms with Crippen LogP contribution < -0.4 is 0 Å². The summed E-state index contributed by atoms with van der Waals surface area (Å²) < 4.78 is 0. The molecule has 1 heteroatoms. The molecule has 100 valence electrons. The number of hydrogen-bond donors (Lipinski definition) is 1. The summed E-state index contributed by atoms with van der Waals surface area (Å²) in [7, 11) is 0. The minimum absolute atomic E-state index is 0.105. The molecule has 0 aliphatic rings. The Morgan fingerprint density at radius 1 is 1.28 bits per heavy atom. The van der Waals surface area contributed by atoms with Gasteiger partial charge in [0, 0.05) is 0 Å². The molecule has 1 aromatic rings. The van der Waals surface area contributed by atoms with Crippen LogP contribution in [0.5, 0.6) is 0 Å². The quantitative estimate of drug-likeness (QED) is 0.836. The third-order valence-electron chi connectivity index (χ3n) is 3.22. The molecule has 0 radical (unpaired) electrons. The first kappa shape index (κ1) is 15.0. The van der Waals surface area contributed by atoms with E-state index in [1.165, 1.54) is 23.1 Å². The van der Waals surface area contributed by atoms with E-state index >= 15 is 0 Å². The number of hydrogen-bond acceptors (Lipinski definition) is 1. The molecule has 0 amide bonds. The van der Waals surface area contributed by atoms with Crippen LogP contribution in [0.3, 0.4) is 0 Å². The predicted octanol–water partition coefficient (Wildman–Crippen LogP) is 4.37. The van der Waals surface area contributed by atoms with Crippen LogP contribution >= 0.6 is 0 Å². The van der Waals surface area contributed by atoms with Gasteiger partial charge in [-0.3, -0.25) is 0 Å². The van der Waals surface area contributed by atoms with Gasteiger partial charge in [0.05, 0.1) is 6.10 Å². The van der Waals surface area contributed by atoms with Gasteiger partial charge in [-0.2, -0.15) is 0 Å². The van der Waals surface area contributed by atoms with E-state index in [0.717, 1.165) is 6.42 Å². The molecule has 0 aliphatic heterocycles. The van der Waals surface area contributed by atoms with Crippen molar-refractivity contribution >= 4 is 6.08 Å². The number of aliphatic hydroxyl groups is 1. The average molecular weight is 246 g/mol. The summed E-state index contributed by atoms with van der Waals surface area (Å²) in [6, 6.07) is 6.57. The standard InChI is InChI=1S/C17H26O/c1-6-7-14-8-9-15(13(2)12-14)10-11-16(18)17(3,4)5/h8-12,16,18H,6-7H2,1-5H3/b11-10+. The second kappa shape index (κ2) is 6.19. The van der Waals surface area contributed by atoms with Crippen LogP contribution in [0.1, 0.15) is 50.8 Å². The van der Waals surface area contributed by atoms with E-state index in [9.17, 15) is 5.11 Å². The molecule has 0 heterocycles. The van der Waals surface area contributed by atoms with Gasteiger partial charge in [0.25, 0.3) is 0 Å². The summed E-state index contributed by atoms with van der Waals surface area (Å²) >= 11 is 0. The largest absolute Gasteiger partial charge is 0.388 e. The van der Waals surface area contributed by atoms with Crippen LogP contribution in [0, 0.1) is 12.3 Å². The molecule has 18 heavy (non-hydrogen) atoms. The predicted molar refractivity (Wildman–Crippen MR) is 79.7 cm³/mol. The van der Waals surface area contributed by atoms with Gasteiger partial charge < -0.3 is 5.11 Å². The van der Waals surface area contributed by atoms with Crippen molar-refractivity contribution < 1.29 is 5.11 Å². The summed E-state index contributed by atoms with van der Waals surface area (Å²) in [6.45, 7) is 10.4. The lowest BCUT2D eigenvalue weighted by Gasteiger charge is -2.22. The molecule has 1 aromatic carbocycles. The zero-order valence-corrected chi connectivity index (χ0v) is 12.3. The van der Waals surface area contributed by atoms with E-state index in [1.807, 2.05) is 32.9 Å². The lowest BCUT2D eigenvalue weighted by Crippen LogP contribution is -2.23. The van der Waals surface area contributed by atoms with Crippen molar-refractivity contribution in [2.75, 3.05) is 0 Å². The fourth-order valence-electron chi connectivity index (χ4n) is 1.85. The third-order valence-corrected chi connectivity index (χ3v) is 3.22. The Kier molecular flexibility index (Phi) is 5.15. The minimum Gasteiger partial charge on any atom is -0.388 e. The van der Waals surface area contributed by atoms with Crippen molar-refractivity contribution in [1.29, 1.82) is 0 Å². The minimum atomic E-state index is -0.410. The van der Waals surface area contributed by atoms with Crippen molar-refractivity contribution in [3.8, 4) is 0 Å². The van der Waals surface area contributed by atoms with Crippen LogP contribution in [0.15, 0.2) is 24.3 Å². The summed E-state index contributed by atoms with van der Waals surface area (Å²) in [5, 5.41) is 9.99. The van der Waals surface area contributed by atoms with Crippen LogP contribution in [0.25, 0.3) is 6.08 Å². The monoisotopic (exact) mass is 246 g/mol. The van der Waals surface area contributed by atoms with E-state index in [-0.39, 0.29) is 5.41 Å².